The average molecular weight is 392 g/mol. The minimum Gasteiger partial charge on any atom is -0.460 e. The molecule has 0 heterocycles. The molecular formula is C23H37NO4. The summed E-state index contributed by atoms with van der Waals surface area (Å²) in [6, 6.07) is 9.61. The molecule has 0 unspecified atom stereocenters. The van der Waals surface area contributed by atoms with Gasteiger partial charge in [-0.2, -0.15) is 0 Å². The van der Waals surface area contributed by atoms with E-state index in [1.165, 1.54) is 0 Å². The van der Waals surface area contributed by atoms with Crippen molar-refractivity contribution >= 4 is 11.9 Å². The fraction of sp³-hybridized carbons (Fsp3) is 0.652. The standard InChI is InChI=1S/C23H37NO4/c1-22(2,20(25)24-15-11-6-7-12-16-27-5)18-23(3,4)21(26)28-17-19-13-9-8-10-14-19/h8-10,13-14H,6-7,11-12,15-18H2,1-5H3,(H,24,25). The molecule has 1 aromatic rings. The Balaban J connectivity index is 2.41. The van der Waals surface area contributed by atoms with Crippen molar-refractivity contribution in [1.82, 2.24) is 5.32 Å². The molecule has 1 N–H and O–H groups in total. The van der Waals surface area contributed by atoms with Crippen LogP contribution in [0.15, 0.2) is 30.3 Å². The van der Waals surface area contributed by atoms with Gasteiger partial charge < -0.3 is 14.8 Å². The van der Waals surface area contributed by atoms with Crippen LogP contribution < -0.4 is 5.32 Å². The van der Waals surface area contributed by atoms with Gasteiger partial charge in [0.25, 0.3) is 0 Å². The van der Waals surface area contributed by atoms with Crippen molar-refractivity contribution in [3.63, 3.8) is 0 Å². The zero-order valence-electron chi connectivity index (χ0n) is 18.2. The van der Waals surface area contributed by atoms with Crippen LogP contribution in [0.25, 0.3) is 0 Å². The Morgan fingerprint density at radius 1 is 0.929 bits per heavy atom. The Bertz CT molecular complexity index is 596. The minimum absolute atomic E-state index is 0.0201. The van der Waals surface area contributed by atoms with E-state index < -0.39 is 10.8 Å². The zero-order chi connectivity index (χ0) is 21.0. The molecule has 0 aliphatic carbocycles. The van der Waals surface area contributed by atoms with E-state index >= 15 is 0 Å². The Hall–Kier alpha value is -1.88. The van der Waals surface area contributed by atoms with Crippen molar-refractivity contribution in [1.29, 1.82) is 0 Å². The van der Waals surface area contributed by atoms with E-state index in [2.05, 4.69) is 5.32 Å². The second kappa shape index (κ2) is 11.8. The molecule has 0 bridgehead atoms. The maximum atomic E-state index is 12.6. The zero-order valence-corrected chi connectivity index (χ0v) is 18.2. The minimum atomic E-state index is -0.740. The fourth-order valence-corrected chi connectivity index (χ4v) is 3.34. The predicted octanol–water partition coefficient (Wildman–Crippen LogP) is 4.50. The van der Waals surface area contributed by atoms with E-state index in [-0.39, 0.29) is 18.5 Å². The van der Waals surface area contributed by atoms with Crippen LogP contribution >= 0.6 is 0 Å². The lowest BCUT2D eigenvalue weighted by molar-refractivity contribution is -0.157. The highest BCUT2D eigenvalue weighted by atomic mass is 16.5. The molecule has 5 heteroatoms. The summed E-state index contributed by atoms with van der Waals surface area (Å²) in [7, 11) is 1.71. The van der Waals surface area contributed by atoms with Crippen molar-refractivity contribution in [2.24, 2.45) is 10.8 Å². The number of esters is 1. The number of methoxy groups -OCH3 is 1. The second-order valence-electron chi connectivity index (χ2n) is 8.67. The van der Waals surface area contributed by atoms with Crippen molar-refractivity contribution in [2.75, 3.05) is 20.3 Å². The van der Waals surface area contributed by atoms with Crippen molar-refractivity contribution < 1.29 is 19.1 Å². The molecule has 0 aliphatic rings. The topological polar surface area (TPSA) is 64.6 Å². The molecule has 0 fully saturated rings. The number of carbonyl (C=O) groups is 2. The number of unbranched alkanes of at least 4 members (excludes halogenated alkanes) is 3. The fourth-order valence-electron chi connectivity index (χ4n) is 3.34. The first-order valence-corrected chi connectivity index (χ1v) is 10.2. The highest BCUT2D eigenvalue weighted by Crippen LogP contribution is 2.35. The van der Waals surface area contributed by atoms with E-state index in [9.17, 15) is 9.59 Å². The van der Waals surface area contributed by atoms with Crippen LogP contribution in [0, 0.1) is 10.8 Å². The summed E-state index contributed by atoms with van der Waals surface area (Å²) in [5.74, 6) is -0.302. The van der Waals surface area contributed by atoms with Gasteiger partial charge in [-0.25, -0.2) is 0 Å². The number of carbonyl (C=O) groups excluding carboxylic acids is 2. The van der Waals surface area contributed by atoms with Crippen LogP contribution in [0.3, 0.4) is 0 Å². The van der Waals surface area contributed by atoms with Gasteiger partial charge in [-0.3, -0.25) is 9.59 Å². The summed E-state index contributed by atoms with van der Waals surface area (Å²) >= 11 is 0. The smallest absolute Gasteiger partial charge is 0.311 e. The van der Waals surface area contributed by atoms with Gasteiger partial charge in [0.1, 0.15) is 6.61 Å². The van der Waals surface area contributed by atoms with Gasteiger partial charge in [-0.05, 0) is 38.7 Å². The normalized spacial score (nSPS) is 11.9. The van der Waals surface area contributed by atoms with Gasteiger partial charge in [0, 0.05) is 25.7 Å². The van der Waals surface area contributed by atoms with E-state index in [1.54, 1.807) is 7.11 Å². The van der Waals surface area contributed by atoms with E-state index in [0.29, 0.717) is 13.0 Å². The van der Waals surface area contributed by atoms with E-state index in [0.717, 1.165) is 37.9 Å². The highest BCUT2D eigenvalue weighted by molar-refractivity contribution is 5.83. The Kier molecular flexibility index (Phi) is 10.2. The monoisotopic (exact) mass is 391 g/mol. The number of nitrogens with one attached hydrogen (secondary N) is 1. The molecule has 0 spiro atoms. The molecule has 0 aliphatic heterocycles. The lowest BCUT2D eigenvalue weighted by atomic mass is 9.74. The molecule has 28 heavy (non-hydrogen) atoms. The summed E-state index contributed by atoms with van der Waals surface area (Å²) in [5.41, 5.74) is -0.435. The third-order valence-corrected chi connectivity index (χ3v) is 4.82. The van der Waals surface area contributed by atoms with Crippen LogP contribution in [0.1, 0.15) is 65.4 Å². The van der Waals surface area contributed by atoms with Gasteiger partial charge in [-0.1, -0.05) is 57.0 Å². The van der Waals surface area contributed by atoms with E-state index in [4.69, 9.17) is 9.47 Å². The number of hydrogen-bond donors (Lipinski definition) is 1. The first kappa shape index (κ1) is 24.2. The van der Waals surface area contributed by atoms with Crippen LogP contribution in [-0.4, -0.2) is 32.1 Å². The molecule has 1 aromatic carbocycles. The Labute approximate surface area is 170 Å². The lowest BCUT2D eigenvalue weighted by Crippen LogP contribution is -2.42. The average Bonchev–Trinajstić information content (AvgIpc) is 2.65. The van der Waals surface area contributed by atoms with Crippen LogP contribution in [0.4, 0.5) is 0 Å². The lowest BCUT2D eigenvalue weighted by Gasteiger charge is -2.32. The third kappa shape index (κ3) is 8.87. The molecule has 1 amide bonds. The van der Waals surface area contributed by atoms with E-state index in [1.807, 2.05) is 58.0 Å². The van der Waals surface area contributed by atoms with Gasteiger partial charge in [-0.15, -0.1) is 0 Å². The number of hydrogen-bond acceptors (Lipinski definition) is 4. The molecule has 158 valence electrons. The molecular weight excluding hydrogens is 354 g/mol. The number of benzene rings is 1. The quantitative estimate of drug-likeness (QED) is 0.397. The first-order chi connectivity index (χ1) is 13.2. The molecule has 0 aromatic heterocycles. The van der Waals surface area contributed by atoms with Gasteiger partial charge in [0.05, 0.1) is 5.41 Å². The van der Waals surface area contributed by atoms with Crippen LogP contribution in [-0.2, 0) is 25.7 Å². The summed E-state index contributed by atoms with van der Waals surface area (Å²) in [6.07, 6.45) is 4.60. The molecule has 1 rings (SSSR count). The maximum absolute atomic E-state index is 12.6. The highest BCUT2D eigenvalue weighted by Gasteiger charge is 2.39. The first-order valence-electron chi connectivity index (χ1n) is 10.2. The summed E-state index contributed by atoms with van der Waals surface area (Å²) in [5, 5.41) is 3.01. The summed E-state index contributed by atoms with van der Waals surface area (Å²) in [4.78, 5) is 25.2. The second-order valence-corrected chi connectivity index (χ2v) is 8.67. The largest absolute Gasteiger partial charge is 0.460 e. The van der Waals surface area contributed by atoms with Crippen LogP contribution in [0.5, 0.6) is 0 Å². The molecule has 0 atom stereocenters. The van der Waals surface area contributed by atoms with Gasteiger partial charge >= 0.3 is 5.97 Å². The SMILES string of the molecule is COCCCCCCNC(=O)C(C)(C)CC(C)(C)C(=O)OCc1ccccc1. The van der Waals surface area contributed by atoms with Gasteiger partial charge in [0.2, 0.25) is 5.91 Å². The number of ether oxygens (including phenoxy) is 2. The van der Waals surface area contributed by atoms with Crippen molar-refractivity contribution in [3.05, 3.63) is 35.9 Å². The van der Waals surface area contributed by atoms with Gasteiger partial charge in [0.15, 0.2) is 0 Å². The molecule has 5 nitrogen and oxygen atoms in total. The van der Waals surface area contributed by atoms with Crippen LogP contribution in [0.2, 0.25) is 0 Å². The Morgan fingerprint density at radius 2 is 1.57 bits per heavy atom. The maximum Gasteiger partial charge on any atom is 0.311 e. The summed E-state index contributed by atoms with van der Waals surface area (Å²) in [6.45, 7) is 9.14. The molecule has 0 saturated heterocycles. The predicted molar refractivity (Wildman–Crippen MR) is 112 cm³/mol. The molecule has 0 radical (unpaired) electrons. The number of rotatable bonds is 13. The van der Waals surface area contributed by atoms with Crippen molar-refractivity contribution in [2.45, 2.75) is 66.4 Å². The third-order valence-electron chi connectivity index (χ3n) is 4.82. The Morgan fingerprint density at radius 3 is 2.21 bits per heavy atom. The number of amides is 1. The molecule has 0 saturated carbocycles. The summed E-state index contributed by atoms with van der Waals surface area (Å²) < 4.78 is 10.5. The van der Waals surface area contributed by atoms with Crippen molar-refractivity contribution in [3.8, 4) is 0 Å².